The van der Waals surface area contributed by atoms with E-state index in [-0.39, 0.29) is 0 Å². The largest absolute Gasteiger partial charge is 0.306 e. The zero-order chi connectivity index (χ0) is 10.8. The van der Waals surface area contributed by atoms with Gasteiger partial charge in [-0.1, -0.05) is 24.3 Å². The maximum atomic E-state index is 2.49. The SMILES string of the molecule is CN1CCC2(CC1)c1ccccc1[C@H]1CC12. The van der Waals surface area contributed by atoms with Crippen LogP contribution in [0.4, 0.5) is 0 Å². The summed E-state index contributed by atoms with van der Waals surface area (Å²) in [6.45, 7) is 2.58. The average Bonchev–Trinajstić information content (AvgIpc) is 3.07. The molecule has 1 nitrogen and oxygen atoms in total. The van der Waals surface area contributed by atoms with Gasteiger partial charge in [0.15, 0.2) is 0 Å². The Morgan fingerprint density at radius 1 is 1.19 bits per heavy atom. The summed E-state index contributed by atoms with van der Waals surface area (Å²) in [4.78, 5) is 2.49. The summed E-state index contributed by atoms with van der Waals surface area (Å²) < 4.78 is 0. The fourth-order valence-electron chi connectivity index (χ4n) is 4.28. The van der Waals surface area contributed by atoms with Gasteiger partial charge in [-0.2, -0.15) is 0 Å². The predicted molar refractivity (Wildman–Crippen MR) is 65.7 cm³/mol. The van der Waals surface area contributed by atoms with Gasteiger partial charge in [0.05, 0.1) is 0 Å². The highest BCUT2D eigenvalue weighted by Gasteiger charge is 2.60. The quantitative estimate of drug-likeness (QED) is 0.640. The molecule has 1 aromatic rings. The molecule has 0 radical (unpaired) electrons. The third-order valence-corrected chi connectivity index (χ3v) is 5.28. The first kappa shape index (κ1) is 9.23. The molecule has 1 aromatic carbocycles. The molecular weight excluding hydrogens is 194 g/mol. The second-order valence-corrected chi connectivity index (χ2v) is 6.00. The molecule has 1 saturated heterocycles. The van der Waals surface area contributed by atoms with E-state index in [9.17, 15) is 0 Å². The third kappa shape index (κ3) is 1.00. The monoisotopic (exact) mass is 213 g/mol. The standard InChI is InChI=1S/C15H19N/c1-16-8-6-15(7-9-16)13-5-3-2-4-11(13)12-10-14(12)15/h2-5,12,14H,6-10H2,1H3/t12-,14?/m1/s1. The highest BCUT2D eigenvalue weighted by atomic mass is 15.1. The molecule has 16 heavy (non-hydrogen) atoms. The summed E-state index contributed by atoms with van der Waals surface area (Å²) >= 11 is 0. The van der Waals surface area contributed by atoms with Crippen LogP contribution in [0.3, 0.4) is 0 Å². The zero-order valence-corrected chi connectivity index (χ0v) is 9.95. The Labute approximate surface area is 97.5 Å². The van der Waals surface area contributed by atoms with Crippen molar-refractivity contribution in [2.45, 2.75) is 30.6 Å². The van der Waals surface area contributed by atoms with Crippen molar-refractivity contribution in [2.24, 2.45) is 5.92 Å². The second-order valence-electron chi connectivity index (χ2n) is 6.00. The van der Waals surface area contributed by atoms with Gasteiger partial charge in [0.1, 0.15) is 0 Å². The number of benzene rings is 1. The fourth-order valence-corrected chi connectivity index (χ4v) is 4.28. The van der Waals surface area contributed by atoms with Crippen molar-refractivity contribution in [1.29, 1.82) is 0 Å². The topological polar surface area (TPSA) is 3.24 Å². The van der Waals surface area contributed by atoms with Crippen LogP contribution in [-0.2, 0) is 5.41 Å². The van der Waals surface area contributed by atoms with Crippen molar-refractivity contribution in [3.63, 3.8) is 0 Å². The Balaban J connectivity index is 1.80. The van der Waals surface area contributed by atoms with Crippen LogP contribution < -0.4 is 0 Å². The highest BCUT2D eigenvalue weighted by Crippen LogP contribution is 2.68. The lowest BCUT2D eigenvalue weighted by atomic mass is 9.71. The summed E-state index contributed by atoms with van der Waals surface area (Å²) in [5.74, 6) is 1.93. The number of hydrogen-bond donors (Lipinski definition) is 0. The molecule has 0 amide bonds. The Bertz CT molecular complexity index is 429. The van der Waals surface area contributed by atoms with Gasteiger partial charge in [-0.15, -0.1) is 0 Å². The maximum absolute atomic E-state index is 2.49. The van der Waals surface area contributed by atoms with Crippen molar-refractivity contribution in [2.75, 3.05) is 20.1 Å². The van der Waals surface area contributed by atoms with Crippen LogP contribution in [0, 0.1) is 5.92 Å². The van der Waals surface area contributed by atoms with Crippen LogP contribution in [0.5, 0.6) is 0 Å². The van der Waals surface area contributed by atoms with E-state index in [2.05, 4.69) is 36.2 Å². The molecule has 2 aliphatic carbocycles. The molecule has 84 valence electrons. The number of fused-ring (bicyclic) bond motifs is 5. The molecule has 0 N–H and O–H groups in total. The van der Waals surface area contributed by atoms with E-state index in [1.54, 1.807) is 11.1 Å². The molecule has 4 rings (SSSR count). The highest BCUT2D eigenvalue weighted by molar-refractivity contribution is 5.49. The molecule has 1 aliphatic heterocycles. The molecular formula is C15H19N. The first-order valence-corrected chi connectivity index (χ1v) is 6.59. The van der Waals surface area contributed by atoms with E-state index < -0.39 is 0 Å². The number of hydrogen-bond acceptors (Lipinski definition) is 1. The maximum Gasteiger partial charge on any atom is 0.00144 e. The van der Waals surface area contributed by atoms with Gasteiger partial charge >= 0.3 is 0 Å². The van der Waals surface area contributed by atoms with E-state index in [1.807, 2.05) is 0 Å². The average molecular weight is 213 g/mol. The Hall–Kier alpha value is -0.820. The summed E-state index contributed by atoms with van der Waals surface area (Å²) in [5.41, 5.74) is 3.98. The minimum Gasteiger partial charge on any atom is -0.306 e. The van der Waals surface area contributed by atoms with E-state index in [1.165, 1.54) is 32.4 Å². The van der Waals surface area contributed by atoms with E-state index in [0.717, 1.165) is 11.8 Å². The number of rotatable bonds is 0. The van der Waals surface area contributed by atoms with Gasteiger partial charge in [0, 0.05) is 5.41 Å². The number of nitrogens with zero attached hydrogens (tertiary/aromatic N) is 1. The molecule has 0 aromatic heterocycles. The number of likely N-dealkylation sites (tertiary alicyclic amines) is 1. The fraction of sp³-hybridized carbons (Fsp3) is 0.600. The molecule has 0 bridgehead atoms. The molecule has 1 saturated carbocycles. The van der Waals surface area contributed by atoms with E-state index >= 15 is 0 Å². The first-order valence-electron chi connectivity index (χ1n) is 6.59. The van der Waals surface area contributed by atoms with Crippen molar-refractivity contribution in [1.82, 2.24) is 4.90 Å². The normalized spacial score (nSPS) is 34.8. The molecule has 2 atom stereocenters. The smallest absolute Gasteiger partial charge is 0.00144 e. The van der Waals surface area contributed by atoms with Gasteiger partial charge in [-0.05, 0) is 62.4 Å². The van der Waals surface area contributed by atoms with Crippen LogP contribution >= 0.6 is 0 Å². The summed E-state index contributed by atoms with van der Waals surface area (Å²) in [6, 6.07) is 9.26. The van der Waals surface area contributed by atoms with Gasteiger partial charge in [0.2, 0.25) is 0 Å². The molecule has 1 unspecified atom stereocenters. The van der Waals surface area contributed by atoms with Gasteiger partial charge in [-0.3, -0.25) is 0 Å². The van der Waals surface area contributed by atoms with E-state index in [4.69, 9.17) is 0 Å². The van der Waals surface area contributed by atoms with Crippen molar-refractivity contribution in [3.05, 3.63) is 35.4 Å². The lowest BCUT2D eigenvalue weighted by molar-refractivity contribution is 0.173. The van der Waals surface area contributed by atoms with Crippen molar-refractivity contribution in [3.8, 4) is 0 Å². The molecule has 3 aliphatic rings. The third-order valence-electron chi connectivity index (χ3n) is 5.28. The lowest BCUT2D eigenvalue weighted by Crippen LogP contribution is -2.41. The van der Waals surface area contributed by atoms with Gasteiger partial charge < -0.3 is 4.90 Å². The Kier molecular flexibility index (Phi) is 1.67. The Morgan fingerprint density at radius 3 is 2.75 bits per heavy atom. The summed E-state index contributed by atoms with van der Waals surface area (Å²) in [5, 5.41) is 0. The number of piperidine rings is 1. The molecule has 1 heteroatoms. The second kappa shape index (κ2) is 2.89. The minimum atomic E-state index is 0.577. The molecule has 1 heterocycles. The lowest BCUT2D eigenvalue weighted by Gasteiger charge is -2.40. The zero-order valence-electron chi connectivity index (χ0n) is 9.95. The first-order chi connectivity index (χ1) is 7.81. The van der Waals surface area contributed by atoms with Crippen LogP contribution in [0.25, 0.3) is 0 Å². The predicted octanol–water partition coefficient (Wildman–Crippen LogP) is 2.77. The Morgan fingerprint density at radius 2 is 1.94 bits per heavy atom. The van der Waals surface area contributed by atoms with Gasteiger partial charge in [0.25, 0.3) is 0 Å². The molecule has 2 fully saturated rings. The van der Waals surface area contributed by atoms with Gasteiger partial charge in [-0.25, -0.2) is 0 Å². The van der Waals surface area contributed by atoms with Crippen LogP contribution in [-0.4, -0.2) is 25.0 Å². The summed E-state index contributed by atoms with van der Waals surface area (Å²) in [7, 11) is 2.26. The summed E-state index contributed by atoms with van der Waals surface area (Å²) in [6.07, 6.45) is 4.25. The van der Waals surface area contributed by atoms with Crippen molar-refractivity contribution < 1.29 is 0 Å². The van der Waals surface area contributed by atoms with Crippen LogP contribution in [0.15, 0.2) is 24.3 Å². The molecule has 1 spiro atoms. The van der Waals surface area contributed by atoms with Crippen LogP contribution in [0.2, 0.25) is 0 Å². The van der Waals surface area contributed by atoms with Crippen LogP contribution in [0.1, 0.15) is 36.3 Å². The minimum absolute atomic E-state index is 0.577. The van der Waals surface area contributed by atoms with Crippen molar-refractivity contribution >= 4 is 0 Å². The van der Waals surface area contributed by atoms with E-state index in [0.29, 0.717) is 5.41 Å².